The molecule has 19 heavy (non-hydrogen) atoms. The van der Waals surface area contributed by atoms with E-state index in [2.05, 4.69) is 5.32 Å². The van der Waals surface area contributed by atoms with Crippen molar-refractivity contribution in [1.82, 2.24) is 5.32 Å². The van der Waals surface area contributed by atoms with Crippen LogP contribution in [-0.4, -0.2) is 19.1 Å². The van der Waals surface area contributed by atoms with Gasteiger partial charge in [0.2, 0.25) is 0 Å². The molecule has 1 aliphatic heterocycles. The van der Waals surface area contributed by atoms with Crippen molar-refractivity contribution < 1.29 is 9.53 Å². The number of morpholine rings is 1. The normalized spacial score (nSPS) is 17.8. The number of hydrogen-bond acceptors (Lipinski definition) is 2. The van der Waals surface area contributed by atoms with Gasteiger partial charge in [-0.25, -0.2) is 0 Å². The molecule has 1 aliphatic rings. The first-order valence-corrected chi connectivity index (χ1v) is 6.37. The molecule has 3 rings (SSSR count). The molecule has 0 atom stereocenters. The highest BCUT2D eigenvalue weighted by molar-refractivity contribution is 5.90. The zero-order valence-electron chi connectivity index (χ0n) is 10.5. The minimum absolute atomic E-state index is 0.101. The lowest BCUT2D eigenvalue weighted by Gasteiger charge is -2.36. The Morgan fingerprint density at radius 1 is 0.895 bits per heavy atom. The summed E-state index contributed by atoms with van der Waals surface area (Å²) in [5, 5.41) is 2.91. The van der Waals surface area contributed by atoms with Gasteiger partial charge in [-0.3, -0.25) is 4.79 Å². The molecular weight excluding hydrogens is 238 g/mol. The van der Waals surface area contributed by atoms with Crippen molar-refractivity contribution in [2.75, 3.05) is 13.2 Å². The number of hydrogen-bond donors (Lipinski definition) is 1. The smallest absolute Gasteiger partial charge is 0.261 e. The molecule has 0 aromatic heterocycles. The van der Waals surface area contributed by atoms with Gasteiger partial charge in [0.25, 0.3) is 5.91 Å². The molecule has 2 aromatic rings. The molecule has 2 aromatic carbocycles. The summed E-state index contributed by atoms with van der Waals surface area (Å²) < 4.78 is 5.94. The summed E-state index contributed by atoms with van der Waals surface area (Å²) >= 11 is 0. The van der Waals surface area contributed by atoms with Crippen LogP contribution in [0.1, 0.15) is 11.1 Å². The molecule has 1 heterocycles. The van der Waals surface area contributed by atoms with Gasteiger partial charge in [0.1, 0.15) is 0 Å². The molecule has 1 N–H and O–H groups in total. The van der Waals surface area contributed by atoms with Crippen molar-refractivity contribution in [2.45, 2.75) is 5.60 Å². The van der Waals surface area contributed by atoms with Gasteiger partial charge in [0.15, 0.2) is 5.60 Å². The Kier molecular flexibility index (Phi) is 3.05. The largest absolute Gasteiger partial charge is 0.354 e. The average Bonchev–Trinajstić information content (AvgIpc) is 2.50. The Labute approximate surface area is 112 Å². The van der Waals surface area contributed by atoms with Crippen LogP contribution in [0.4, 0.5) is 0 Å². The Hall–Kier alpha value is -2.13. The van der Waals surface area contributed by atoms with Crippen LogP contribution >= 0.6 is 0 Å². The summed E-state index contributed by atoms with van der Waals surface area (Å²) in [5.74, 6) is -0.101. The van der Waals surface area contributed by atoms with Crippen LogP contribution in [0.15, 0.2) is 60.7 Å². The van der Waals surface area contributed by atoms with Gasteiger partial charge in [-0.1, -0.05) is 60.7 Å². The summed E-state index contributed by atoms with van der Waals surface area (Å²) in [6.07, 6.45) is 0. The van der Waals surface area contributed by atoms with Crippen molar-refractivity contribution in [3.63, 3.8) is 0 Å². The fourth-order valence-electron chi connectivity index (χ4n) is 2.50. The summed E-state index contributed by atoms with van der Waals surface area (Å²) in [6, 6.07) is 19.3. The zero-order chi connectivity index (χ0) is 13.1. The third-order valence-electron chi connectivity index (χ3n) is 3.39. The summed E-state index contributed by atoms with van der Waals surface area (Å²) in [4.78, 5) is 12.5. The van der Waals surface area contributed by atoms with Crippen LogP contribution < -0.4 is 5.32 Å². The summed E-state index contributed by atoms with van der Waals surface area (Å²) in [6.45, 7) is 1.07. The maximum absolute atomic E-state index is 12.5. The number of ether oxygens (including phenoxy) is 1. The van der Waals surface area contributed by atoms with Crippen LogP contribution in [0.3, 0.4) is 0 Å². The fourth-order valence-corrected chi connectivity index (χ4v) is 2.50. The minimum Gasteiger partial charge on any atom is -0.354 e. The fraction of sp³-hybridized carbons (Fsp3) is 0.188. The second kappa shape index (κ2) is 4.86. The first-order chi connectivity index (χ1) is 9.34. The third kappa shape index (κ3) is 1.92. The van der Waals surface area contributed by atoms with Gasteiger partial charge >= 0.3 is 0 Å². The Morgan fingerprint density at radius 2 is 1.42 bits per heavy atom. The highest BCUT2D eigenvalue weighted by atomic mass is 16.5. The van der Waals surface area contributed by atoms with E-state index >= 15 is 0 Å². The molecule has 0 unspecified atom stereocenters. The van der Waals surface area contributed by atoms with Crippen LogP contribution in [-0.2, 0) is 15.1 Å². The maximum Gasteiger partial charge on any atom is 0.261 e. The van der Waals surface area contributed by atoms with Crippen molar-refractivity contribution in [2.24, 2.45) is 0 Å². The van der Waals surface area contributed by atoms with Crippen LogP contribution in [0.5, 0.6) is 0 Å². The summed E-state index contributed by atoms with van der Waals surface area (Å²) in [5.41, 5.74) is 0.692. The molecular formula is C16H15NO2. The van der Waals surface area contributed by atoms with Crippen LogP contribution in [0.2, 0.25) is 0 Å². The van der Waals surface area contributed by atoms with E-state index in [4.69, 9.17) is 4.74 Å². The van der Waals surface area contributed by atoms with Gasteiger partial charge in [0.05, 0.1) is 6.61 Å². The quantitative estimate of drug-likeness (QED) is 0.890. The van der Waals surface area contributed by atoms with Crippen LogP contribution in [0, 0.1) is 0 Å². The predicted molar refractivity (Wildman–Crippen MR) is 72.6 cm³/mol. The lowest BCUT2D eigenvalue weighted by atomic mass is 9.84. The highest BCUT2D eigenvalue weighted by Crippen LogP contribution is 2.35. The Balaban J connectivity index is 2.19. The van der Waals surface area contributed by atoms with Gasteiger partial charge in [0, 0.05) is 6.54 Å². The van der Waals surface area contributed by atoms with E-state index in [1.165, 1.54) is 0 Å². The number of nitrogens with one attached hydrogen (secondary N) is 1. The maximum atomic E-state index is 12.5. The molecule has 0 saturated carbocycles. The second-order valence-corrected chi connectivity index (χ2v) is 4.52. The second-order valence-electron chi connectivity index (χ2n) is 4.52. The number of amides is 1. The van der Waals surface area contributed by atoms with E-state index in [0.29, 0.717) is 13.2 Å². The molecule has 3 heteroatoms. The Morgan fingerprint density at radius 3 is 1.89 bits per heavy atom. The number of carbonyl (C=O) groups excluding carboxylic acids is 1. The topological polar surface area (TPSA) is 38.3 Å². The van der Waals surface area contributed by atoms with Crippen molar-refractivity contribution in [3.8, 4) is 0 Å². The SMILES string of the molecule is O=C1NCCOC1(c1ccccc1)c1ccccc1. The molecule has 1 saturated heterocycles. The predicted octanol–water partition coefficient (Wildman–Crippen LogP) is 2.08. The molecule has 3 nitrogen and oxygen atoms in total. The standard InChI is InChI=1S/C16H15NO2/c18-15-16(19-12-11-17-15,13-7-3-1-4-8-13)14-9-5-2-6-10-14/h1-10H,11-12H2,(H,17,18). The molecule has 96 valence electrons. The molecule has 0 aliphatic carbocycles. The van der Waals surface area contributed by atoms with Gasteiger partial charge in [-0.05, 0) is 11.1 Å². The van der Waals surface area contributed by atoms with Gasteiger partial charge in [-0.2, -0.15) is 0 Å². The molecule has 0 bridgehead atoms. The number of benzene rings is 2. The van der Waals surface area contributed by atoms with E-state index in [0.717, 1.165) is 11.1 Å². The first-order valence-electron chi connectivity index (χ1n) is 6.37. The van der Waals surface area contributed by atoms with E-state index in [-0.39, 0.29) is 5.91 Å². The summed E-state index contributed by atoms with van der Waals surface area (Å²) in [7, 11) is 0. The van der Waals surface area contributed by atoms with Gasteiger partial charge < -0.3 is 10.1 Å². The molecule has 1 amide bonds. The number of rotatable bonds is 2. The van der Waals surface area contributed by atoms with Crippen LogP contribution in [0.25, 0.3) is 0 Å². The molecule has 0 radical (unpaired) electrons. The van der Waals surface area contributed by atoms with E-state index in [9.17, 15) is 4.79 Å². The van der Waals surface area contributed by atoms with E-state index < -0.39 is 5.60 Å². The molecule has 0 spiro atoms. The Bertz CT molecular complexity index is 526. The van der Waals surface area contributed by atoms with E-state index in [1.807, 2.05) is 60.7 Å². The lowest BCUT2D eigenvalue weighted by molar-refractivity contribution is -0.149. The van der Waals surface area contributed by atoms with E-state index in [1.54, 1.807) is 0 Å². The van der Waals surface area contributed by atoms with Crippen molar-refractivity contribution >= 4 is 5.91 Å². The van der Waals surface area contributed by atoms with Gasteiger partial charge in [-0.15, -0.1) is 0 Å². The molecule has 1 fully saturated rings. The zero-order valence-corrected chi connectivity index (χ0v) is 10.5. The first kappa shape index (κ1) is 11.9. The minimum atomic E-state index is -1.03. The average molecular weight is 253 g/mol. The highest BCUT2D eigenvalue weighted by Gasteiger charge is 2.45. The number of carbonyl (C=O) groups is 1. The van der Waals surface area contributed by atoms with Crippen molar-refractivity contribution in [1.29, 1.82) is 0 Å². The lowest BCUT2D eigenvalue weighted by Crippen LogP contribution is -2.53. The monoisotopic (exact) mass is 253 g/mol. The van der Waals surface area contributed by atoms with Crippen molar-refractivity contribution in [3.05, 3.63) is 71.8 Å². The third-order valence-corrected chi connectivity index (χ3v) is 3.39.